The van der Waals surface area contributed by atoms with E-state index in [4.69, 9.17) is 14.7 Å². The van der Waals surface area contributed by atoms with Crippen LogP contribution in [-0.4, -0.2) is 90.7 Å². The van der Waals surface area contributed by atoms with Gasteiger partial charge in [-0.05, 0) is 81.8 Å². The Labute approximate surface area is 249 Å². The van der Waals surface area contributed by atoms with Gasteiger partial charge in [0.05, 0.1) is 24.2 Å². The van der Waals surface area contributed by atoms with Crippen molar-refractivity contribution in [3.63, 3.8) is 0 Å². The van der Waals surface area contributed by atoms with Crippen molar-refractivity contribution < 1.29 is 9.53 Å². The number of ether oxygens (including phenoxy) is 1. The minimum atomic E-state index is -0.213. The van der Waals surface area contributed by atoms with Crippen molar-refractivity contribution in [3.8, 4) is 12.1 Å². The molecule has 6 rings (SSSR count). The van der Waals surface area contributed by atoms with E-state index >= 15 is 0 Å². The van der Waals surface area contributed by atoms with Crippen molar-refractivity contribution in [2.45, 2.75) is 69.9 Å². The zero-order chi connectivity index (χ0) is 29.1. The van der Waals surface area contributed by atoms with E-state index in [1.54, 1.807) is 4.90 Å². The summed E-state index contributed by atoms with van der Waals surface area (Å²) in [6, 6.07) is 9.70. The fourth-order valence-corrected chi connectivity index (χ4v) is 7.28. The molecule has 4 heterocycles. The smallest absolute Gasteiger partial charge is 0.318 e. The van der Waals surface area contributed by atoms with Crippen LogP contribution in [0.5, 0.6) is 6.01 Å². The topological polar surface area (TPSA) is 88.8 Å². The zero-order valence-electron chi connectivity index (χ0n) is 24.9. The molecule has 4 aliphatic rings. The average molecular weight is 570 g/mol. The average Bonchev–Trinajstić information content (AvgIpc) is 3.31. The largest absolute Gasteiger partial charge is 0.462 e. The van der Waals surface area contributed by atoms with Crippen LogP contribution in [0.1, 0.15) is 54.5 Å². The highest BCUT2D eigenvalue weighted by Crippen LogP contribution is 2.34. The monoisotopic (exact) mass is 569 g/mol. The third-order valence-corrected chi connectivity index (χ3v) is 9.66. The standard InChI is InChI=1S/C33H43N7O2/c1-3-31(41)40-21-20-39(22-25(40)13-16-34)32-28-14-18-38(30-12-6-9-24-8-4-5-11-27(24)30)19-15-29(28)35-33(36-32)42-23-26-10-7-17-37(26)2/h3,6,9,12,25-26H,1,4-5,7-8,10-11,13-15,17-23H2,2H3/t25-,26-/m0/s1. The second kappa shape index (κ2) is 12.7. The predicted octanol–water partition coefficient (Wildman–Crippen LogP) is 3.55. The summed E-state index contributed by atoms with van der Waals surface area (Å²) in [4.78, 5) is 31.5. The number of fused-ring (bicyclic) bond motifs is 2. The normalized spacial score (nSPS) is 22.6. The number of carbonyl (C=O) groups is 1. The van der Waals surface area contributed by atoms with Crippen LogP contribution in [0, 0.1) is 11.3 Å². The summed E-state index contributed by atoms with van der Waals surface area (Å²) in [7, 11) is 2.15. The molecule has 0 unspecified atom stereocenters. The lowest BCUT2D eigenvalue weighted by Gasteiger charge is -2.41. The number of nitriles is 1. The first kappa shape index (κ1) is 28.5. The summed E-state index contributed by atoms with van der Waals surface area (Å²) >= 11 is 0. The van der Waals surface area contributed by atoms with Gasteiger partial charge in [-0.15, -0.1) is 0 Å². The van der Waals surface area contributed by atoms with Gasteiger partial charge in [0.25, 0.3) is 0 Å². The molecule has 1 aromatic carbocycles. The number of carbonyl (C=O) groups excluding carboxylic acids is 1. The number of aryl methyl sites for hydroxylation is 1. The molecule has 222 valence electrons. The van der Waals surface area contributed by atoms with Crippen LogP contribution < -0.4 is 14.5 Å². The van der Waals surface area contributed by atoms with Gasteiger partial charge in [-0.3, -0.25) is 4.79 Å². The maximum Gasteiger partial charge on any atom is 0.318 e. The number of aromatic nitrogens is 2. The fourth-order valence-electron chi connectivity index (χ4n) is 7.28. The Morgan fingerprint density at radius 2 is 1.88 bits per heavy atom. The molecule has 0 bridgehead atoms. The van der Waals surface area contributed by atoms with Gasteiger partial charge in [0, 0.05) is 56.4 Å². The number of rotatable bonds is 7. The van der Waals surface area contributed by atoms with Crippen LogP contribution in [0.25, 0.3) is 0 Å². The summed E-state index contributed by atoms with van der Waals surface area (Å²) < 4.78 is 6.30. The summed E-state index contributed by atoms with van der Waals surface area (Å²) in [6.45, 7) is 8.88. The van der Waals surface area contributed by atoms with Crippen molar-refractivity contribution in [1.29, 1.82) is 5.26 Å². The molecule has 2 atom stereocenters. The van der Waals surface area contributed by atoms with E-state index < -0.39 is 0 Å². The molecule has 9 heteroatoms. The number of benzene rings is 1. The number of likely N-dealkylation sites (tertiary alicyclic amines) is 1. The maximum atomic E-state index is 12.6. The molecule has 42 heavy (non-hydrogen) atoms. The van der Waals surface area contributed by atoms with Gasteiger partial charge in [0.1, 0.15) is 12.4 Å². The highest BCUT2D eigenvalue weighted by molar-refractivity contribution is 5.87. The first-order valence-electron chi connectivity index (χ1n) is 15.7. The molecule has 0 radical (unpaired) electrons. The van der Waals surface area contributed by atoms with Gasteiger partial charge in [-0.1, -0.05) is 18.7 Å². The molecule has 0 saturated carbocycles. The lowest BCUT2D eigenvalue weighted by molar-refractivity contribution is -0.128. The van der Waals surface area contributed by atoms with Crippen molar-refractivity contribution in [2.75, 3.05) is 62.7 Å². The second-order valence-electron chi connectivity index (χ2n) is 12.1. The number of likely N-dealkylation sites (N-methyl/N-ethyl adjacent to an activating group) is 1. The molecule has 3 aliphatic heterocycles. The minimum absolute atomic E-state index is 0.122. The van der Waals surface area contributed by atoms with Crippen molar-refractivity contribution in [3.05, 3.63) is 53.2 Å². The minimum Gasteiger partial charge on any atom is -0.462 e. The number of anilines is 2. The molecular formula is C33H43N7O2. The Bertz CT molecular complexity index is 1350. The van der Waals surface area contributed by atoms with Crippen molar-refractivity contribution >= 4 is 17.4 Å². The summed E-state index contributed by atoms with van der Waals surface area (Å²) in [5.74, 6) is 0.781. The number of nitrogens with zero attached hydrogens (tertiary/aromatic N) is 7. The number of amides is 1. The lowest BCUT2D eigenvalue weighted by atomic mass is 9.90. The third-order valence-electron chi connectivity index (χ3n) is 9.66. The van der Waals surface area contributed by atoms with E-state index in [-0.39, 0.29) is 18.4 Å². The first-order valence-corrected chi connectivity index (χ1v) is 15.7. The summed E-state index contributed by atoms with van der Waals surface area (Å²) in [6.07, 6.45) is 10.5. The zero-order valence-corrected chi connectivity index (χ0v) is 24.9. The Morgan fingerprint density at radius 3 is 2.69 bits per heavy atom. The Kier molecular flexibility index (Phi) is 8.61. The molecule has 9 nitrogen and oxygen atoms in total. The second-order valence-corrected chi connectivity index (χ2v) is 12.1. The predicted molar refractivity (Wildman–Crippen MR) is 164 cm³/mol. The summed E-state index contributed by atoms with van der Waals surface area (Å²) in [5.41, 5.74) is 6.63. The van der Waals surface area contributed by atoms with Gasteiger partial charge < -0.3 is 24.3 Å². The SMILES string of the molecule is C=CC(=O)N1CCN(c2nc(OC[C@@H]3CCCN3C)nc3c2CCN(c2cccc4c2CCCC4)CC3)C[C@@H]1CC#N. The molecule has 2 fully saturated rings. The van der Waals surface area contributed by atoms with E-state index in [0.29, 0.717) is 38.3 Å². The number of hydrogen-bond donors (Lipinski definition) is 0. The van der Waals surface area contributed by atoms with Crippen LogP contribution in [0.3, 0.4) is 0 Å². The fraction of sp³-hybridized carbons (Fsp3) is 0.576. The number of piperazine rings is 1. The Morgan fingerprint density at radius 1 is 1.02 bits per heavy atom. The lowest BCUT2D eigenvalue weighted by Crippen LogP contribution is -2.55. The Hall–Kier alpha value is -3.64. The Balaban J connectivity index is 1.29. The third kappa shape index (κ3) is 5.82. The van der Waals surface area contributed by atoms with E-state index in [9.17, 15) is 10.1 Å². The van der Waals surface area contributed by atoms with E-state index in [0.717, 1.165) is 56.8 Å². The highest BCUT2D eigenvalue weighted by Gasteiger charge is 2.33. The van der Waals surface area contributed by atoms with Crippen LogP contribution in [-0.2, 0) is 30.5 Å². The molecular weight excluding hydrogens is 526 g/mol. The van der Waals surface area contributed by atoms with Gasteiger partial charge >= 0.3 is 6.01 Å². The first-order chi connectivity index (χ1) is 20.6. The van der Waals surface area contributed by atoms with Crippen LogP contribution in [0.4, 0.5) is 11.5 Å². The maximum absolute atomic E-state index is 12.6. The molecule has 1 amide bonds. The van der Waals surface area contributed by atoms with Crippen LogP contribution >= 0.6 is 0 Å². The van der Waals surface area contributed by atoms with E-state index in [2.05, 4.69) is 52.6 Å². The van der Waals surface area contributed by atoms with Gasteiger partial charge in [0.15, 0.2) is 0 Å². The van der Waals surface area contributed by atoms with Gasteiger partial charge in [-0.25, -0.2) is 0 Å². The van der Waals surface area contributed by atoms with Gasteiger partial charge in [-0.2, -0.15) is 15.2 Å². The van der Waals surface area contributed by atoms with Crippen molar-refractivity contribution in [1.82, 2.24) is 19.8 Å². The molecule has 0 spiro atoms. The molecule has 1 aliphatic carbocycles. The van der Waals surface area contributed by atoms with Gasteiger partial charge in [0.2, 0.25) is 5.91 Å². The van der Waals surface area contributed by atoms with Crippen LogP contribution in [0.2, 0.25) is 0 Å². The van der Waals surface area contributed by atoms with E-state index in [1.165, 1.54) is 54.1 Å². The van der Waals surface area contributed by atoms with Crippen molar-refractivity contribution in [2.24, 2.45) is 0 Å². The molecule has 2 aromatic rings. The molecule has 1 aromatic heterocycles. The quantitative estimate of drug-likeness (QED) is 0.468. The summed E-state index contributed by atoms with van der Waals surface area (Å²) in [5, 5.41) is 9.55. The molecule has 2 saturated heterocycles. The van der Waals surface area contributed by atoms with Crippen LogP contribution in [0.15, 0.2) is 30.9 Å². The number of hydrogen-bond acceptors (Lipinski definition) is 8. The highest BCUT2D eigenvalue weighted by atomic mass is 16.5. The van der Waals surface area contributed by atoms with E-state index in [1.807, 2.05) is 0 Å². The molecule has 0 N–H and O–H groups in total.